The lowest BCUT2D eigenvalue weighted by atomic mass is 10.2. The Labute approximate surface area is 110 Å². The van der Waals surface area contributed by atoms with Gasteiger partial charge in [-0.05, 0) is 12.1 Å². The van der Waals surface area contributed by atoms with Gasteiger partial charge in [0, 0.05) is 21.1 Å². The Morgan fingerprint density at radius 2 is 2.00 bits per heavy atom. The van der Waals surface area contributed by atoms with Gasteiger partial charge in [0.25, 0.3) is 0 Å². The van der Waals surface area contributed by atoms with Crippen molar-refractivity contribution in [1.29, 1.82) is 0 Å². The van der Waals surface area contributed by atoms with E-state index >= 15 is 0 Å². The largest absolute Gasteiger partial charge is 0.389 e. The molecule has 2 rings (SSSR count). The number of hydrogen-bond donors (Lipinski definition) is 1. The molecule has 0 fully saturated rings. The molecular weight excluding hydrogens is 250 g/mol. The number of hydrogen-bond acceptors (Lipinski definition) is 4. The Kier molecular flexibility index (Phi) is 4.20. The van der Waals surface area contributed by atoms with Crippen LogP contribution in [0.25, 0.3) is 11.3 Å². The highest BCUT2D eigenvalue weighted by atomic mass is 32.2. The van der Waals surface area contributed by atoms with E-state index in [1.54, 1.807) is 0 Å². The van der Waals surface area contributed by atoms with Crippen LogP contribution in [0.4, 0.5) is 0 Å². The predicted octanol–water partition coefficient (Wildman–Crippen LogP) is 3.80. The fourth-order valence-electron chi connectivity index (χ4n) is 1.49. The van der Waals surface area contributed by atoms with Crippen LogP contribution in [0.2, 0.25) is 0 Å². The van der Waals surface area contributed by atoms with Crippen LogP contribution in [0.5, 0.6) is 0 Å². The molecule has 2 aromatic rings. The van der Waals surface area contributed by atoms with Gasteiger partial charge in [0.05, 0.1) is 12.3 Å². The summed E-state index contributed by atoms with van der Waals surface area (Å²) in [5, 5.41) is 12.3. The van der Waals surface area contributed by atoms with Gasteiger partial charge in [-0.15, -0.1) is 23.1 Å². The lowest BCUT2D eigenvalue weighted by Crippen LogP contribution is -1.86. The number of aromatic nitrogens is 1. The average Bonchev–Trinajstić information content (AvgIpc) is 2.78. The molecule has 0 atom stereocenters. The molecule has 0 unspecified atom stereocenters. The van der Waals surface area contributed by atoms with Crippen molar-refractivity contribution in [1.82, 2.24) is 4.98 Å². The maximum Gasteiger partial charge on any atom is 0.119 e. The van der Waals surface area contributed by atoms with Crippen molar-refractivity contribution >= 4 is 23.1 Å². The molecule has 17 heavy (non-hydrogen) atoms. The monoisotopic (exact) mass is 265 g/mol. The molecular formula is C13H15NOS2. The van der Waals surface area contributed by atoms with Crippen LogP contribution in [0.15, 0.2) is 34.5 Å². The molecule has 1 aromatic carbocycles. The minimum Gasteiger partial charge on any atom is -0.389 e. The van der Waals surface area contributed by atoms with E-state index in [9.17, 15) is 0 Å². The van der Waals surface area contributed by atoms with Gasteiger partial charge in [0.15, 0.2) is 0 Å². The molecule has 1 heterocycles. The van der Waals surface area contributed by atoms with Gasteiger partial charge in [-0.2, -0.15) is 0 Å². The van der Waals surface area contributed by atoms with Gasteiger partial charge >= 0.3 is 0 Å². The molecule has 0 bridgehead atoms. The van der Waals surface area contributed by atoms with Crippen LogP contribution in [-0.4, -0.2) is 15.3 Å². The van der Waals surface area contributed by atoms with Crippen LogP contribution < -0.4 is 0 Å². The molecule has 0 saturated carbocycles. The zero-order chi connectivity index (χ0) is 12.3. The molecule has 0 radical (unpaired) electrons. The minimum absolute atomic E-state index is 0.0198. The van der Waals surface area contributed by atoms with E-state index in [1.807, 2.05) is 17.1 Å². The molecule has 0 aliphatic carbocycles. The first-order valence-electron chi connectivity index (χ1n) is 5.51. The standard InChI is InChI=1S/C13H15NOS2/c1-9(2)17-11-5-3-10(4-6-11)12-8-16-13(7-15)14-12/h3-6,8-9,15H,7H2,1-2H3. The number of benzene rings is 1. The molecule has 0 aliphatic heterocycles. The van der Waals surface area contributed by atoms with E-state index in [-0.39, 0.29) is 6.61 Å². The first-order valence-corrected chi connectivity index (χ1v) is 7.27. The van der Waals surface area contributed by atoms with Crippen molar-refractivity contribution in [3.8, 4) is 11.3 Å². The summed E-state index contributed by atoms with van der Waals surface area (Å²) in [6.45, 7) is 4.39. The molecule has 2 nitrogen and oxygen atoms in total. The summed E-state index contributed by atoms with van der Waals surface area (Å²) in [5.41, 5.74) is 2.05. The molecule has 0 saturated heterocycles. The quantitative estimate of drug-likeness (QED) is 0.854. The van der Waals surface area contributed by atoms with Gasteiger partial charge in [-0.3, -0.25) is 0 Å². The highest BCUT2D eigenvalue weighted by Gasteiger charge is 2.04. The zero-order valence-electron chi connectivity index (χ0n) is 9.88. The van der Waals surface area contributed by atoms with Crippen molar-refractivity contribution in [2.45, 2.75) is 30.6 Å². The molecule has 0 spiro atoms. The van der Waals surface area contributed by atoms with E-state index in [0.717, 1.165) is 16.3 Å². The number of nitrogens with zero attached hydrogens (tertiary/aromatic N) is 1. The number of thiazole rings is 1. The first-order chi connectivity index (χ1) is 8.19. The molecule has 1 aromatic heterocycles. The second-order valence-electron chi connectivity index (χ2n) is 3.98. The lowest BCUT2D eigenvalue weighted by Gasteiger charge is -2.05. The van der Waals surface area contributed by atoms with E-state index < -0.39 is 0 Å². The van der Waals surface area contributed by atoms with Crippen LogP contribution in [0.1, 0.15) is 18.9 Å². The molecule has 4 heteroatoms. The molecule has 0 amide bonds. The summed E-state index contributed by atoms with van der Waals surface area (Å²) in [5.74, 6) is 0. The summed E-state index contributed by atoms with van der Waals surface area (Å²) in [6.07, 6.45) is 0. The van der Waals surface area contributed by atoms with Crippen LogP contribution in [0, 0.1) is 0 Å². The van der Waals surface area contributed by atoms with Crippen molar-refractivity contribution in [2.24, 2.45) is 0 Å². The zero-order valence-corrected chi connectivity index (χ0v) is 11.5. The fourth-order valence-corrected chi connectivity index (χ4v) is 2.99. The van der Waals surface area contributed by atoms with Crippen molar-refractivity contribution < 1.29 is 5.11 Å². The van der Waals surface area contributed by atoms with Gasteiger partial charge in [-0.25, -0.2) is 4.98 Å². The second kappa shape index (κ2) is 5.67. The van der Waals surface area contributed by atoms with Crippen LogP contribution in [-0.2, 0) is 6.61 Å². The topological polar surface area (TPSA) is 33.1 Å². The van der Waals surface area contributed by atoms with Crippen LogP contribution in [0.3, 0.4) is 0 Å². The van der Waals surface area contributed by atoms with E-state index in [0.29, 0.717) is 5.25 Å². The summed E-state index contributed by atoms with van der Waals surface area (Å²) < 4.78 is 0. The first kappa shape index (κ1) is 12.6. The maximum atomic E-state index is 8.99. The van der Waals surface area contributed by atoms with Crippen LogP contribution >= 0.6 is 23.1 Å². The fraction of sp³-hybridized carbons (Fsp3) is 0.308. The third-order valence-electron chi connectivity index (χ3n) is 2.21. The Morgan fingerprint density at radius 1 is 1.29 bits per heavy atom. The summed E-state index contributed by atoms with van der Waals surface area (Å²) in [6, 6.07) is 8.41. The summed E-state index contributed by atoms with van der Waals surface area (Å²) >= 11 is 3.35. The van der Waals surface area contributed by atoms with Gasteiger partial charge < -0.3 is 5.11 Å². The SMILES string of the molecule is CC(C)Sc1ccc(-c2csc(CO)n2)cc1. The maximum absolute atomic E-state index is 8.99. The minimum atomic E-state index is 0.0198. The Bertz CT molecular complexity index is 476. The number of aliphatic hydroxyl groups excluding tert-OH is 1. The predicted molar refractivity (Wildman–Crippen MR) is 74.5 cm³/mol. The van der Waals surface area contributed by atoms with E-state index in [4.69, 9.17) is 5.11 Å². The summed E-state index contributed by atoms with van der Waals surface area (Å²) in [7, 11) is 0. The Balaban J connectivity index is 2.17. The lowest BCUT2D eigenvalue weighted by molar-refractivity contribution is 0.281. The third-order valence-corrected chi connectivity index (χ3v) is 4.06. The smallest absolute Gasteiger partial charge is 0.119 e. The van der Waals surface area contributed by atoms with E-state index in [1.165, 1.54) is 16.2 Å². The van der Waals surface area contributed by atoms with Crippen molar-refractivity contribution in [3.63, 3.8) is 0 Å². The number of thioether (sulfide) groups is 1. The number of rotatable bonds is 4. The average molecular weight is 265 g/mol. The van der Waals surface area contributed by atoms with Gasteiger partial charge in [-0.1, -0.05) is 26.0 Å². The van der Waals surface area contributed by atoms with E-state index in [2.05, 4.69) is 43.1 Å². The third kappa shape index (κ3) is 3.31. The second-order valence-corrected chi connectivity index (χ2v) is 6.57. The normalized spacial score (nSPS) is 11.1. The summed E-state index contributed by atoms with van der Waals surface area (Å²) in [4.78, 5) is 5.63. The van der Waals surface area contributed by atoms with Crippen molar-refractivity contribution in [3.05, 3.63) is 34.7 Å². The Morgan fingerprint density at radius 3 is 2.53 bits per heavy atom. The van der Waals surface area contributed by atoms with Gasteiger partial charge in [0.2, 0.25) is 0 Å². The highest BCUT2D eigenvalue weighted by Crippen LogP contribution is 2.27. The van der Waals surface area contributed by atoms with Crippen molar-refractivity contribution in [2.75, 3.05) is 0 Å². The number of aliphatic hydroxyl groups is 1. The molecule has 0 aliphatic rings. The highest BCUT2D eigenvalue weighted by molar-refractivity contribution is 7.99. The Hall–Kier alpha value is -0.840. The molecule has 90 valence electrons. The molecule has 1 N–H and O–H groups in total. The van der Waals surface area contributed by atoms with Gasteiger partial charge in [0.1, 0.15) is 5.01 Å².